The average Bonchev–Trinajstić information content (AvgIpc) is 2.26. The van der Waals surface area contributed by atoms with Crippen LogP contribution >= 0.6 is 0 Å². The molecule has 1 atom stereocenters. The molecule has 0 radical (unpaired) electrons. The number of fused-ring (bicyclic) bond motifs is 2. The van der Waals surface area contributed by atoms with Crippen LogP contribution in [0.25, 0.3) is 10.8 Å². The predicted octanol–water partition coefficient (Wildman–Crippen LogP) is 4.17. The van der Waals surface area contributed by atoms with Gasteiger partial charge < -0.3 is 10.1 Å². The summed E-state index contributed by atoms with van der Waals surface area (Å²) in [6.45, 7) is 8.52. The highest BCUT2D eigenvalue weighted by Gasteiger charge is 2.33. The van der Waals surface area contributed by atoms with Crippen LogP contribution in [-0.4, -0.2) is 6.23 Å². The lowest BCUT2D eigenvalue weighted by Crippen LogP contribution is -2.38. The van der Waals surface area contributed by atoms with Crippen molar-refractivity contribution in [2.45, 2.75) is 39.5 Å². The zero-order chi connectivity index (χ0) is 12.9. The Kier molecular flexibility index (Phi) is 2.39. The molecule has 0 fully saturated rings. The summed E-state index contributed by atoms with van der Waals surface area (Å²) in [5.41, 5.74) is 3.55. The van der Waals surface area contributed by atoms with Crippen LogP contribution < -0.4 is 5.32 Å². The first kappa shape index (κ1) is 11.5. The molecule has 0 aromatic heterocycles. The van der Waals surface area contributed by atoms with Gasteiger partial charge in [-0.25, -0.2) is 0 Å². The van der Waals surface area contributed by atoms with Gasteiger partial charge in [0.05, 0.1) is 5.60 Å². The third-order valence-electron chi connectivity index (χ3n) is 3.74. The van der Waals surface area contributed by atoms with Gasteiger partial charge >= 0.3 is 0 Å². The summed E-state index contributed by atoms with van der Waals surface area (Å²) >= 11 is 0. The zero-order valence-corrected chi connectivity index (χ0v) is 11.4. The third-order valence-corrected chi connectivity index (χ3v) is 3.74. The first-order valence-corrected chi connectivity index (χ1v) is 6.46. The first-order chi connectivity index (χ1) is 8.49. The van der Waals surface area contributed by atoms with Gasteiger partial charge in [-0.05, 0) is 50.1 Å². The van der Waals surface area contributed by atoms with Crippen LogP contribution in [0.1, 0.15) is 31.9 Å². The van der Waals surface area contributed by atoms with E-state index in [4.69, 9.17) is 4.74 Å². The van der Waals surface area contributed by atoms with Crippen LogP contribution in [0, 0.1) is 6.92 Å². The van der Waals surface area contributed by atoms with Crippen molar-refractivity contribution < 1.29 is 4.74 Å². The predicted molar refractivity (Wildman–Crippen MR) is 75.9 cm³/mol. The molecule has 2 nitrogen and oxygen atoms in total. The highest BCUT2D eigenvalue weighted by atomic mass is 16.5. The van der Waals surface area contributed by atoms with Crippen molar-refractivity contribution in [2.24, 2.45) is 0 Å². The van der Waals surface area contributed by atoms with Crippen molar-refractivity contribution in [3.8, 4) is 0 Å². The largest absolute Gasteiger partial charge is 0.360 e. The van der Waals surface area contributed by atoms with E-state index in [2.05, 4.69) is 63.3 Å². The number of nitrogens with one attached hydrogen (secondary N) is 1. The number of rotatable bonds is 0. The maximum absolute atomic E-state index is 6.02. The van der Waals surface area contributed by atoms with Gasteiger partial charge in [-0.3, -0.25) is 0 Å². The molecular weight excluding hydrogens is 222 g/mol. The third kappa shape index (κ3) is 1.60. The SMILES string of the molecule is Cc1c2c(cc3ccccc13)NC(C)OC2(C)C. The summed E-state index contributed by atoms with van der Waals surface area (Å²) in [6, 6.07) is 10.8. The molecule has 3 rings (SSSR count). The number of hydrogen-bond acceptors (Lipinski definition) is 2. The average molecular weight is 241 g/mol. The molecule has 1 heterocycles. The van der Waals surface area contributed by atoms with Crippen LogP contribution in [0.4, 0.5) is 5.69 Å². The summed E-state index contributed by atoms with van der Waals surface area (Å²) in [6.07, 6.45) is 0.0491. The standard InChI is InChI=1S/C16H19NO/c1-10-13-8-6-5-7-12(13)9-14-15(10)16(3,4)18-11(2)17-14/h5-9,11,17H,1-4H3. The summed E-state index contributed by atoms with van der Waals surface area (Å²) in [4.78, 5) is 0. The van der Waals surface area contributed by atoms with E-state index in [1.54, 1.807) is 0 Å². The molecule has 1 unspecified atom stereocenters. The van der Waals surface area contributed by atoms with E-state index in [1.807, 2.05) is 0 Å². The Morgan fingerprint density at radius 2 is 1.94 bits per heavy atom. The number of aryl methyl sites for hydroxylation is 1. The lowest BCUT2D eigenvalue weighted by molar-refractivity contribution is -0.0635. The second kappa shape index (κ2) is 3.72. The summed E-state index contributed by atoms with van der Waals surface area (Å²) in [7, 11) is 0. The van der Waals surface area contributed by atoms with Gasteiger partial charge in [-0.15, -0.1) is 0 Å². The fraction of sp³-hybridized carbons (Fsp3) is 0.375. The van der Waals surface area contributed by atoms with Crippen LogP contribution in [0.15, 0.2) is 30.3 Å². The van der Waals surface area contributed by atoms with E-state index >= 15 is 0 Å². The Morgan fingerprint density at radius 3 is 2.72 bits per heavy atom. The van der Waals surface area contributed by atoms with Gasteiger partial charge in [-0.1, -0.05) is 24.3 Å². The molecule has 2 heteroatoms. The maximum Gasteiger partial charge on any atom is 0.126 e. The zero-order valence-electron chi connectivity index (χ0n) is 11.4. The number of anilines is 1. The minimum absolute atomic E-state index is 0.0491. The van der Waals surface area contributed by atoms with Crippen molar-refractivity contribution in [2.75, 3.05) is 5.32 Å². The topological polar surface area (TPSA) is 21.3 Å². The molecular formula is C16H19NO. The quantitative estimate of drug-likeness (QED) is 0.747. The fourth-order valence-electron chi connectivity index (χ4n) is 3.17. The maximum atomic E-state index is 6.02. The molecule has 1 aliphatic rings. The molecule has 0 bridgehead atoms. The Bertz CT molecular complexity index is 616. The lowest BCUT2D eigenvalue weighted by Gasteiger charge is -2.39. The fourth-order valence-corrected chi connectivity index (χ4v) is 3.17. The lowest BCUT2D eigenvalue weighted by atomic mass is 9.87. The smallest absolute Gasteiger partial charge is 0.126 e. The molecule has 18 heavy (non-hydrogen) atoms. The molecule has 0 spiro atoms. The van der Waals surface area contributed by atoms with E-state index < -0.39 is 0 Å². The highest BCUT2D eigenvalue weighted by Crippen LogP contribution is 2.41. The number of hydrogen-bond donors (Lipinski definition) is 1. The molecule has 0 aliphatic carbocycles. The Morgan fingerprint density at radius 1 is 1.22 bits per heavy atom. The van der Waals surface area contributed by atoms with Gasteiger partial charge in [0.1, 0.15) is 6.23 Å². The van der Waals surface area contributed by atoms with Crippen molar-refractivity contribution in [1.29, 1.82) is 0 Å². The van der Waals surface area contributed by atoms with Gasteiger partial charge in [0.2, 0.25) is 0 Å². The second-order valence-corrected chi connectivity index (χ2v) is 5.56. The van der Waals surface area contributed by atoms with Crippen LogP contribution in [0.2, 0.25) is 0 Å². The minimum atomic E-state index is -0.242. The van der Waals surface area contributed by atoms with Crippen molar-refractivity contribution in [1.82, 2.24) is 0 Å². The molecule has 0 saturated heterocycles. The minimum Gasteiger partial charge on any atom is -0.360 e. The van der Waals surface area contributed by atoms with E-state index in [0.717, 1.165) is 0 Å². The molecule has 2 aromatic rings. The Balaban J connectivity index is 2.36. The van der Waals surface area contributed by atoms with Crippen LogP contribution in [0.5, 0.6) is 0 Å². The van der Waals surface area contributed by atoms with Gasteiger partial charge in [0.25, 0.3) is 0 Å². The monoisotopic (exact) mass is 241 g/mol. The van der Waals surface area contributed by atoms with Gasteiger partial charge in [-0.2, -0.15) is 0 Å². The normalized spacial score (nSPS) is 21.4. The van der Waals surface area contributed by atoms with Gasteiger partial charge in [0.15, 0.2) is 0 Å². The van der Waals surface area contributed by atoms with E-state index in [1.165, 1.54) is 27.6 Å². The molecule has 0 saturated carbocycles. The summed E-state index contributed by atoms with van der Waals surface area (Å²) in [5.74, 6) is 0. The number of ether oxygens (including phenoxy) is 1. The highest BCUT2D eigenvalue weighted by molar-refractivity contribution is 5.91. The van der Waals surface area contributed by atoms with Crippen molar-refractivity contribution in [3.63, 3.8) is 0 Å². The summed E-state index contributed by atoms with van der Waals surface area (Å²) in [5, 5.41) is 6.02. The van der Waals surface area contributed by atoms with Crippen molar-refractivity contribution >= 4 is 16.5 Å². The Hall–Kier alpha value is -1.54. The van der Waals surface area contributed by atoms with Crippen molar-refractivity contribution in [3.05, 3.63) is 41.5 Å². The first-order valence-electron chi connectivity index (χ1n) is 6.46. The number of benzene rings is 2. The second-order valence-electron chi connectivity index (χ2n) is 5.56. The molecule has 94 valence electrons. The molecule has 0 amide bonds. The van der Waals surface area contributed by atoms with Gasteiger partial charge in [0, 0.05) is 11.3 Å². The summed E-state index contributed by atoms with van der Waals surface area (Å²) < 4.78 is 6.02. The molecule has 2 aromatic carbocycles. The van der Waals surface area contributed by atoms with E-state index in [9.17, 15) is 0 Å². The van der Waals surface area contributed by atoms with E-state index in [0.29, 0.717) is 0 Å². The van der Waals surface area contributed by atoms with Crippen LogP contribution in [0.3, 0.4) is 0 Å². The van der Waals surface area contributed by atoms with E-state index in [-0.39, 0.29) is 11.8 Å². The Labute approximate surface area is 108 Å². The molecule has 1 N–H and O–H groups in total. The molecule has 1 aliphatic heterocycles. The van der Waals surface area contributed by atoms with Crippen LogP contribution in [-0.2, 0) is 10.3 Å².